The summed E-state index contributed by atoms with van der Waals surface area (Å²) in [4.78, 5) is 6.59. The zero-order chi connectivity index (χ0) is 12.3. The number of pyridine rings is 1. The van der Waals surface area contributed by atoms with Crippen molar-refractivity contribution in [2.45, 2.75) is 25.8 Å². The number of aromatic nitrogens is 1. The van der Waals surface area contributed by atoms with E-state index in [1.807, 2.05) is 26.1 Å². The Morgan fingerprint density at radius 2 is 2.41 bits per heavy atom. The second-order valence-electron chi connectivity index (χ2n) is 4.64. The highest BCUT2D eigenvalue weighted by atomic mass is 15.2. The molecule has 0 aliphatic carbocycles. The maximum absolute atomic E-state index is 8.94. The van der Waals surface area contributed by atoms with E-state index >= 15 is 0 Å². The molecule has 1 aliphatic rings. The Labute approximate surface area is 102 Å². The van der Waals surface area contributed by atoms with Crippen molar-refractivity contribution in [1.29, 1.82) is 5.26 Å². The predicted molar refractivity (Wildman–Crippen MR) is 68.0 cm³/mol. The third-order valence-electron chi connectivity index (χ3n) is 3.12. The fourth-order valence-electron chi connectivity index (χ4n) is 2.25. The maximum Gasteiger partial charge on any atom is 0.129 e. The van der Waals surface area contributed by atoms with Crippen LogP contribution < -0.4 is 10.2 Å². The number of likely N-dealkylation sites (N-methyl/N-ethyl adjacent to an activating group) is 1. The zero-order valence-electron chi connectivity index (χ0n) is 10.4. The van der Waals surface area contributed by atoms with Crippen LogP contribution >= 0.6 is 0 Å². The van der Waals surface area contributed by atoms with E-state index in [2.05, 4.69) is 21.3 Å². The molecule has 1 aromatic rings. The van der Waals surface area contributed by atoms with Crippen LogP contribution in [0.2, 0.25) is 0 Å². The molecule has 2 rings (SSSR count). The quantitative estimate of drug-likeness (QED) is 0.854. The molecule has 4 heteroatoms. The Bertz CT molecular complexity index is 430. The van der Waals surface area contributed by atoms with E-state index in [4.69, 9.17) is 5.26 Å². The van der Waals surface area contributed by atoms with E-state index in [-0.39, 0.29) is 0 Å². The van der Waals surface area contributed by atoms with Crippen LogP contribution in [-0.2, 0) is 0 Å². The molecule has 0 bridgehead atoms. The molecule has 1 aromatic heterocycles. The topological polar surface area (TPSA) is 52.0 Å². The van der Waals surface area contributed by atoms with Crippen molar-refractivity contribution in [1.82, 2.24) is 10.3 Å². The third-order valence-corrected chi connectivity index (χ3v) is 3.12. The summed E-state index contributed by atoms with van der Waals surface area (Å²) in [6, 6.07) is 6.38. The average molecular weight is 230 g/mol. The van der Waals surface area contributed by atoms with Gasteiger partial charge in [0.2, 0.25) is 0 Å². The largest absolute Gasteiger partial charge is 0.358 e. The van der Waals surface area contributed by atoms with Crippen molar-refractivity contribution in [2.24, 2.45) is 0 Å². The van der Waals surface area contributed by atoms with Gasteiger partial charge in [0.05, 0.1) is 11.6 Å². The van der Waals surface area contributed by atoms with Crippen LogP contribution in [0.4, 0.5) is 5.82 Å². The van der Waals surface area contributed by atoms with E-state index in [0.29, 0.717) is 11.6 Å². The highest BCUT2D eigenvalue weighted by molar-refractivity contribution is 5.46. The lowest BCUT2D eigenvalue weighted by atomic mass is 10.2. The zero-order valence-corrected chi connectivity index (χ0v) is 10.4. The summed E-state index contributed by atoms with van der Waals surface area (Å²) >= 11 is 0. The fourth-order valence-corrected chi connectivity index (χ4v) is 2.25. The SMILES string of the molecule is Cc1cc(C#N)cc(N(C)CC2CCCN2)n1. The first kappa shape index (κ1) is 11.9. The van der Waals surface area contributed by atoms with E-state index in [1.54, 1.807) is 0 Å². The summed E-state index contributed by atoms with van der Waals surface area (Å²) in [5.41, 5.74) is 1.57. The monoisotopic (exact) mass is 230 g/mol. The van der Waals surface area contributed by atoms with Gasteiger partial charge in [-0.15, -0.1) is 0 Å². The molecule has 0 spiro atoms. The Hall–Kier alpha value is -1.60. The summed E-state index contributed by atoms with van der Waals surface area (Å²) in [5, 5.41) is 12.4. The smallest absolute Gasteiger partial charge is 0.129 e. The van der Waals surface area contributed by atoms with Crippen molar-refractivity contribution in [2.75, 3.05) is 25.0 Å². The van der Waals surface area contributed by atoms with Gasteiger partial charge < -0.3 is 10.2 Å². The third kappa shape index (κ3) is 2.95. The summed E-state index contributed by atoms with van der Waals surface area (Å²) < 4.78 is 0. The van der Waals surface area contributed by atoms with Crippen LogP contribution in [0.25, 0.3) is 0 Å². The Balaban J connectivity index is 2.10. The van der Waals surface area contributed by atoms with Gasteiger partial charge in [0.1, 0.15) is 5.82 Å². The first-order valence-corrected chi connectivity index (χ1v) is 6.02. The Morgan fingerprint density at radius 3 is 3.06 bits per heavy atom. The van der Waals surface area contributed by atoms with E-state index < -0.39 is 0 Å². The van der Waals surface area contributed by atoms with Crippen LogP contribution in [0.1, 0.15) is 24.1 Å². The van der Waals surface area contributed by atoms with Gasteiger partial charge in [0, 0.05) is 25.3 Å². The van der Waals surface area contributed by atoms with E-state index in [9.17, 15) is 0 Å². The van der Waals surface area contributed by atoms with E-state index in [1.165, 1.54) is 12.8 Å². The molecule has 4 nitrogen and oxygen atoms in total. The first-order chi connectivity index (χ1) is 8.19. The lowest BCUT2D eigenvalue weighted by Gasteiger charge is -2.22. The molecule has 1 N–H and O–H groups in total. The van der Waals surface area contributed by atoms with Crippen molar-refractivity contribution in [3.05, 3.63) is 23.4 Å². The van der Waals surface area contributed by atoms with E-state index in [0.717, 1.165) is 24.6 Å². The van der Waals surface area contributed by atoms with Crippen LogP contribution in [0.3, 0.4) is 0 Å². The van der Waals surface area contributed by atoms with Crippen molar-refractivity contribution in [3.63, 3.8) is 0 Å². The number of nitrogens with one attached hydrogen (secondary N) is 1. The van der Waals surface area contributed by atoms with Gasteiger partial charge in [0.15, 0.2) is 0 Å². The molecule has 1 saturated heterocycles. The molecule has 1 unspecified atom stereocenters. The molecule has 0 saturated carbocycles. The second kappa shape index (κ2) is 5.15. The van der Waals surface area contributed by atoms with Gasteiger partial charge in [-0.3, -0.25) is 0 Å². The van der Waals surface area contributed by atoms with Crippen LogP contribution in [0.5, 0.6) is 0 Å². The fraction of sp³-hybridized carbons (Fsp3) is 0.538. The van der Waals surface area contributed by atoms with Crippen LogP contribution in [-0.4, -0.2) is 31.2 Å². The number of hydrogen-bond donors (Lipinski definition) is 1. The standard InChI is InChI=1S/C13H18N4/c1-10-6-11(8-14)7-13(16-10)17(2)9-12-4-3-5-15-12/h6-7,12,15H,3-5,9H2,1-2H3. The normalized spacial score (nSPS) is 19.0. The molecule has 1 fully saturated rings. The van der Waals surface area contributed by atoms with Crippen molar-refractivity contribution >= 4 is 5.82 Å². The molecule has 0 amide bonds. The average Bonchev–Trinajstić information content (AvgIpc) is 2.81. The number of nitrogens with zero attached hydrogens (tertiary/aromatic N) is 3. The van der Waals surface area contributed by atoms with Gasteiger partial charge in [-0.25, -0.2) is 4.98 Å². The molecule has 1 atom stereocenters. The lowest BCUT2D eigenvalue weighted by Crippen LogP contribution is -2.35. The molecule has 17 heavy (non-hydrogen) atoms. The van der Waals surface area contributed by atoms with Gasteiger partial charge in [-0.2, -0.15) is 5.26 Å². The summed E-state index contributed by atoms with van der Waals surface area (Å²) in [7, 11) is 2.03. The van der Waals surface area contributed by atoms with Gasteiger partial charge >= 0.3 is 0 Å². The Morgan fingerprint density at radius 1 is 1.59 bits per heavy atom. The molecule has 0 aromatic carbocycles. The first-order valence-electron chi connectivity index (χ1n) is 6.02. The number of rotatable bonds is 3. The number of nitriles is 1. The van der Waals surface area contributed by atoms with Crippen LogP contribution in [0, 0.1) is 18.3 Å². The molecule has 0 radical (unpaired) electrons. The molecular weight excluding hydrogens is 212 g/mol. The van der Waals surface area contributed by atoms with Gasteiger partial charge in [0.25, 0.3) is 0 Å². The van der Waals surface area contributed by atoms with Crippen LogP contribution in [0.15, 0.2) is 12.1 Å². The second-order valence-corrected chi connectivity index (χ2v) is 4.64. The highest BCUT2D eigenvalue weighted by Gasteiger charge is 2.16. The number of anilines is 1. The van der Waals surface area contributed by atoms with Gasteiger partial charge in [-0.05, 0) is 38.4 Å². The lowest BCUT2D eigenvalue weighted by molar-refractivity contribution is 0.597. The minimum atomic E-state index is 0.549. The van der Waals surface area contributed by atoms with Crippen molar-refractivity contribution in [3.8, 4) is 6.07 Å². The Kier molecular flexibility index (Phi) is 3.60. The number of aryl methyl sites for hydroxylation is 1. The molecular formula is C13H18N4. The molecule has 90 valence electrons. The minimum Gasteiger partial charge on any atom is -0.358 e. The van der Waals surface area contributed by atoms with Gasteiger partial charge in [-0.1, -0.05) is 0 Å². The summed E-state index contributed by atoms with van der Waals surface area (Å²) in [5.74, 6) is 0.884. The van der Waals surface area contributed by atoms with Crippen molar-refractivity contribution < 1.29 is 0 Å². The highest BCUT2D eigenvalue weighted by Crippen LogP contribution is 2.15. The minimum absolute atomic E-state index is 0.549. The predicted octanol–water partition coefficient (Wildman–Crippen LogP) is 1.45. The summed E-state index contributed by atoms with van der Waals surface area (Å²) in [6.45, 7) is 3.98. The molecule has 2 heterocycles. The maximum atomic E-state index is 8.94. The summed E-state index contributed by atoms with van der Waals surface area (Å²) in [6.07, 6.45) is 2.48. The number of hydrogen-bond acceptors (Lipinski definition) is 4. The molecule has 1 aliphatic heterocycles.